The minimum absolute atomic E-state index is 0.179. The summed E-state index contributed by atoms with van der Waals surface area (Å²) in [6.07, 6.45) is 10.4. The minimum Gasteiger partial charge on any atom is -0.324 e. The molecule has 1 saturated carbocycles. The van der Waals surface area contributed by atoms with E-state index in [1.54, 1.807) is 0 Å². The fourth-order valence-corrected chi connectivity index (χ4v) is 3.11. The third kappa shape index (κ3) is 2.86. The Morgan fingerprint density at radius 3 is 3.00 bits per heavy atom. The molecule has 2 heteroatoms. The van der Waals surface area contributed by atoms with Crippen LogP contribution in [0.5, 0.6) is 0 Å². The fraction of sp³-hybridized carbons (Fsp3) is 0.667. The molecule has 0 bridgehead atoms. The summed E-state index contributed by atoms with van der Waals surface area (Å²) in [5, 5.41) is 0. The monoisotopic (exact) mass is 232 g/mol. The van der Waals surface area contributed by atoms with Crippen molar-refractivity contribution in [2.24, 2.45) is 17.6 Å². The summed E-state index contributed by atoms with van der Waals surface area (Å²) in [7, 11) is 0. The van der Waals surface area contributed by atoms with Crippen LogP contribution in [0.4, 0.5) is 0 Å². The van der Waals surface area contributed by atoms with Gasteiger partial charge in [-0.1, -0.05) is 26.2 Å². The van der Waals surface area contributed by atoms with Crippen LogP contribution >= 0.6 is 0 Å². The van der Waals surface area contributed by atoms with Crippen molar-refractivity contribution in [1.82, 2.24) is 4.98 Å². The molecule has 0 aromatic carbocycles. The van der Waals surface area contributed by atoms with Gasteiger partial charge < -0.3 is 5.73 Å². The summed E-state index contributed by atoms with van der Waals surface area (Å²) in [6, 6.07) is 2.24. The van der Waals surface area contributed by atoms with Gasteiger partial charge in [-0.05, 0) is 48.8 Å². The van der Waals surface area contributed by atoms with Crippen LogP contribution < -0.4 is 5.73 Å². The van der Waals surface area contributed by atoms with Crippen LogP contribution in [-0.2, 0) is 0 Å². The predicted molar refractivity (Wildman–Crippen MR) is 71.6 cm³/mol. The van der Waals surface area contributed by atoms with Crippen molar-refractivity contribution in [2.75, 3.05) is 0 Å². The molecule has 1 heterocycles. The van der Waals surface area contributed by atoms with E-state index in [-0.39, 0.29) is 6.04 Å². The molecule has 0 radical (unpaired) electrons. The minimum atomic E-state index is 0.179. The second kappa shape index (κ2) is 5.63. The van der Waals surface area contributed by atoms with Gasteiger partial charge >= 0.3 is 0 Å². The Morgan fingerprint density at radius 2 is 2.29 bits per heavy atom. The number of aromatic nitrogens is 1. The molecule has 2 N–H and O–H groups in total. The van der Waals surface area contributed by atoms with Gasteiger partial charge in [-0.2, -0.15) is 0 Å². The lowest BCUT2D eigenvalue weighted by Gasteiger charge is -2.33. The molecule has 0 aliphatic heterocycles. The van der Waals surface area contributed by atoms with Crippen molar-refractivity contribution in [3.8, 4) is 0 Å². The number of hydrogen-bond donors (Lipinski definition) is 1. The van der Waals surface area contributed by atoms with Crippen LogP contribution in [0.3, 0.4) is 0 Å². The van der Waals surface area contributed by atoms with Gasteiger partial charge in [0, 0.05) is 18.4 Å². The van der Waals surface area contributed by atoms with Crippen LogP contribution in [0, 0.1) is 18.8 Å². The van der Waals surface area contributed by atoms with Crippen LogP contribution in [0.25, 0.3) is 0 Å². The maximum atomic E-state index is 6.45. The summed E-state index contributed by atoms with van der Waals surface area (Å²) in [6.45, 7) is 4.44. The molecule has 94 valence electrons. The van der Waals surface area contributed by atoms with E-state index >= 15 is 0 Å². The Hall–Kier alpha value is -0.890. The number of rotatable bonds is 3. The molecule has 1 aromatic rings. The van der Waals surface area contributed by atoms with Gasteiger partial charge in [0.15, 0.2) is 0 Å². The van der Waals surface area contributed by atoms with Gasteiger partial charge in [0.2, 0.25) is 0 Å². The molecule has 1 aromatic heterocycles. The summed E-state index contributed by atoms with van der Waals surface area (Å²) in [5.41, 5.74) is 8.98. The Bertz CT molecular complexity index is 362. The SMILES string of the molecule is CCC1CCCC(C(N)c2cnccc2C)C1. The summed E-state index contributed by atoms with van der Waals surface area (Å²) >= 11 is 0. The van der Waals surface area contributed by atoms with E-state index in [2.05, 4.69) is 24.9 Å². The van der Waals surface area contributed by atoms with E-state index in [4.69, 9.17) is 5.73 Å². The highest BCUT2D eigenvalue weighted by atomic mass is 14.7. The summed E-state index contributed by atoms with van der Waals surface area (Å²) in [4.78, 5) is 4.22. The standard InChI is InChI=1S/C15H24N2/c1-3-12-5-4-6-13(9-12)15(16)14-10-17-8-7-11(14)2/h7-8,10,12-13,15H,3-6,9,16H2,1-2H3. The maximum Gasteiger partial charge on any atom is 0.0341 e. The third-order valence-corrected chi connectivity index (χ3v) is 4.35. The van der Waals surface area contributed by atoms with E-state index in [0.717, 1.165) is 5.92 Å². The number of hydrogen-bond acceptors (Lipinski definition) is 2. The van der Waals surface area contributed by atoms with Crippen LogP contribution in [0.1, 0.15) is 56.2 Å². The lowest BCUT2D eigenvalue weighted by Crippen LogP contribution is -2.27. The molecule has 3 unspecified atom stereocenters. The molecule has 3 atom stereocenters. The molecular weight excluding hydrogens is 208 g/mol. The molecule has 0 saturated heterocycles. The van der Waals surface area contributed by atoms with E-state index in [0.29, 0.717) is 5.92 Å². The molecule has 0 amide bonds. The quantitative estimate of drug-likeness (QED) is 0.864. The maximum absolute atomic E-state index is 6.45. The Balaban J connectivity index is 2.09. The average Bonchev–Trinajstić information content (AvgIpc) is 2.38. The topological polar surface area (TPSA) is 38.9 Å². The zero-order chi connectivity index (χ0) is 12.3. The van der Waals surface area contributed by atoms with Crippen molar-refractivity contribution >= 4 is 0 Å². The number of nitrogens with two attached hydrogens (primary N) is 1. The molecule has 17 heavy (non-hydrogen) atoms. The first-order valence-corrected chi connectivity index (χ1v) is 6.88. The normalized spacial score (nSPS) is 26.8. The van der Waals surface area contributed by atoms with Gasteiger partial charge in [-0.25, -0.2) is 0 Å². The lowest BCUT2D eigenvalue weighted by atomic mass is 9.75. The van der Waals surface area contributed by atoms with Crippen molar-refractivity contribution in [2.45, 2.75) is 52.0 Å². The molecule has 2 rings (SSSR count). The largest absolute Gasteiger partial charge is 0.324 e. The van der Waals surface area contributed by atoms with Crippen molar-refractivity contribution in [3.05, 3.63) is 29.6 Å². The van der Waals surface area contributed by atoms with Gasteiger partial charge in [0.25, 0.3) is 0 Å². The lowest BCUT2D eigenvalue weighted by molar-refractivity contribution is 0.230. The van der Waals surface area contributed by atoms with E-state index in [1.807, 2.05) is 12.4 Å². The average molecular weight is 232 g/mol. The highest BCUT2D eigenvalue weighted by Gasteiger charge is 2.27. The number of pyridine rings is 1. The first-order valence-electron chi connectivity index (χ1n) is 6.88. The molecular formula is C15H24N2. The Kier molecular flexibility index (Phi) is 4.16. The Morgan fingerprint density at radius 1 is 1.47 bits per heavy atom. The second-order valence-electron chi connectivity index (χ2n) is 5.46. The summed E-state index contributed by atoms with van der Waals surface area (Å²) < 4.78 is 0. The summed E-state index contributed by atoms with van der Waals surface area (Å²) in [5.74, 6) is 1.54. The fourth-order valence-electron chi connectivity index (χ4n) is 3.11. The molecule has 1 aliphatic rings. The van der Waals surface area contributed by atoms with E-state index in [9.17, 15) is 0 Å². The van der Waals surface area contributed by atoms with Crippen LogP contribution in [-0.4, -0.2) is 4.98 Å². The molecule has 0 spiro atoms. The highest BCUT2D eigenvalue weighted by molar-refractivity contribution is 5.25. The van der Waals surface area contributed by atoms with Crippen molar-refractivity contribution in [3.63, 3.8) is 0 Å². The van der Waals surface area contributed by atoms with Crippen LogP contribution in [0.15, 0.2) is 18.5 Å². The number of nitrogens with zero attached hydrogens (tertiary/aromatic N) is 1. The highest BCUT2D eigenvalue weighted by Crippen LogP contribution is 2.37. The van der Waals surface area contributed by atoms with Crippen molar-refractivity contribution < 1.29 is 0 Å². The van der Waals surface area contributed by atoms with Gasteiger partial charge in [0.05, 0.1) is 0 Å². The second-order valence-corrected chi connectivity index (χ2v) is 5.46. The first-order chi connectivity index (χ1) is 8.22. The van der Waals surface area contributed by atoms with E-state index < -0.39 is 0 Å². The first kappa shape index (κ1) is 12.6. The van der Waals surface area contributed by atoms with Gasteiger partial charge in [-0.3, -0.25) is 4.98 Å². The van der Waals surface area contributed by atoms with Gasteiger partial charge in [-0.15, -0.1) is 0 Å². The number of aryl methyl sites for hydroxylation is 1. The van der Waals surface area contributed by atoms with Crippen molar-refractivity contribution in [1.29, 1.82) is 0 Å². The molecule has 2 nitrogen and oxygen atoms in total. The zero-order valence-electron chi connectivity index (χ0n) is 11.0. The Labute approximate surface area is 105 Å². The van der Waals surface area contributed by atoms with Gasteiger partial charge in [0.1, 0.15) is 0 Å². The predicted octanol–water partition coefficient (Wildman–Crippen LogP) is 3.61. The molecule has 1 aliphatic carbocycles. The van der Waals surface area contributed by atoms with E-state index in [1.165, 1.54) is 43.2 Å². The van der Waals surface area contributed by atoms with Crippen LogP contribution in [0.2, 0.25) is 0 Å². The smallest absolute Gasteiger partial charge is 0.0341 e. The zero-order valence-corrected chi connectivity index (χ0v) is 11.0. The third-order valence-electron chi connectivity index (χ3n) is 4.35. The molecule has 1 fully saturated rings.